The molecule has 6 rings (SSSR count). The fraction of sp³-hybridized carbons (Fsp3) is 0.565. The minimum atomic E-state index is -0.833. The van der Waals surface area contributed by atoms with Gasteiger partial charge in [0.05, 0.1) is 12.1 Å². The largest absolute Gasteiger partial charge is 0.487 e. The number of halogens is 1. The summed E-state index contributed by atoms with van der Waals surface area (Å²) in [5.41, 5.74) is 6.08. The highest BCUT2D eigenvalue weighted by Gasteiger charge is 2.49. The number of nitrogens with two attached hydrogens (primary N) is 1. The first-order valence-electron chi connectivity index (χ1n) is 10.2. The summed E-state index contributed by atoms with van der Waals surface area (Å²) in [6.45, 7) is 1.61. The lowest BCUT2D eigenvalue weighted by atomic mass is 9.55. The predicted octanol–water partition coefficient (Wildman–Crippen LogP) is 4.35. The fourth-order valence-corrected chi connectivity index (χ4v) is 6.02. The van der Waals surface area contributed by atoms with Gasteiger partial charge in [0.25, 0.3) is 0 Å². The second-order valence-corrected chi connectivity index (χ2v) is 9.40. The monoisotopic (exact) mass is 369 g/mol. The van der Waals surface area contributed by atoms with Gasteiger partial charge in [0.1, 0.15) is 6.10 Å². The first-order chi connectivity index (χ1) is 12.9. The number of aliphatic hydroxyl groups is 1. The van der Waals surface area contributed by atoms with Gasteiger partial charge < -0.3 is 15.6 Å². The number of hydrogen-bond donors (Lipinski definition) is 2. The van der Waals surface area contributed by atoms with Gasteiger partial charge in [-0.2, -0.15) is 0 Å². The smallest absolute Gasteiger partial charge is 0.172 e. The standard InChI is InChI=1S/C23H28FNO2/c1-23(25,12-26)18-3-4-19-15(11-18)2-5-20(21(19)24)27-22-16-7-13-6-14(9-16)10-17(22)8-13/h2-5,11,13-14,16-17,22,26H,6-10,12,25H2,1H3. The molecule has 0 aliphatic heterocycles. The Hall–Kier alpha value is -1.65. The molecule has 0 radical (unpaired) electrons. The highest BCUT2D eigenvalue weighted by Crippen LogP contribution is 2.54. The summed E-state index contributed by atoms with van der Waals surface area (Å²) >= 11 is 0. The number of hydrogen-bond acceptors (Lipinski definition) is 3. The van der Waals surface area contributed by atoms with Crippen molar-refractivity contribution in [3.8, 4) is 5.75 Å². The summed E-state index contributed by atoms with van der Waals surface area (Å²) in [6.07, 6.45) is 6.60. The molecule has 0 heterocycles. The molecule has 3 N–H and O–H groups in total. The van der Waals surface area contributed by atoms with E-state index in [4.69, 9.17) is 10.5 Å². The highest BCUT2D eigenvalue weighted by atomic mass is 19.1. The third-order valence-electron chi connectivity index (χ3n) is 7.31. The van der Waals surface area contributed by atoms with E-state index in [0.29, 0.717) is 23.0 Å². The first kappa shape index (κ1) is 17.4. The molecule has 4 saturated carbocycles. The van der Waals surface area contributed by atoms with Crippen molar-refractivity contribution in [3.05, 3.63) is 41.7 Å². The van der Waals surface area contributed by atoms with Gasteiger partial charge in [-0.3, -0.25) is 0 Å². The predicted molar refractivity (Wildman–Crippen MR) is 104 cm³/mol. The molecule has 0 spiro atoms. The highest BCUT2D eigenvalue weighted by molar-refractivity contribution is 5.85. The molecule has 3 nitrogen and oxygen atoms in total. The van der Waals surface area contributed by atoms with Gasteiger partial charge in [0, 0.05) is 5.39 Å². The number of ether oxygens (including phenoxy) is 1. The van der Waals surface area contributed by atoms with Crippen LogP contribution in [-0.2, 0) is 5.54 Å². The molecule has 1 unspecified atom stereocenters. The summed E-state index contributed by atoms with van der Waals surface area (Å²) < 4.78 is 21.5. The third-order valence-corrected chi connectivity index (χ3v) is 7.31. The van der Waals surface area contributed by atoms with Crippen LogP contribution in [0.4, 0.5) is 4.39 Å². The zero-order chi connectivity index (χ0) is 18.8. The van der Waals surface area contributed by atoms with Crippen LogP contribution in [0.5, 0.6) is 5.75 Å². The summed E-state index contributed by atoms with van der Waals surface area (Å²) in [7, 11) is 0. The quantitative estimate of drug-likeness (QED) is 0.842. The van der Waals surface area contributed by atoms with Crippen LogP contribution >= 0.6 is 0 Å². The van der Waals surface area contributed by atoms with E-state index in [1.165, 1.54) is 32.1 Å². The summed E-state index contributed by atoms with van der Waals surface area (Å²) in [5, 5.41) is 10.8. The first-order valence-corrected chi connectivity index (χ1v) is 10.2. The van der Waals surface area contributed by atoms with Gasteiger partial charge in [-0.05, 0) is 85.8 Å². The lowest BCUT2D eigenvalue weighted by Crippen LogP contribution is -2.50. The van der Waals surface area contributed by atoms with Crippen molar-refractivity contribution in [1.82, 2.24) is 0 Å². The van der Waals surface area contributed by atoms with Gasteiger partial charge in [0.15, 0.2) is 11.6 Å². The second-order valence-electron chi connectivity index (χ2n) is 9.40. The van der Waals surface area contributed by atoms with Crippen molar-refractivity contribution < 1.29 is 14.2 Å². The molecule has 4 fully saturated rings. The van der Waals surface area contributed by atoms with Crippen molar-refractivity contribution in [2.24, 2.45) is 29.4 Å². The van der Waals surface area contributed by atoms with Gasteiger partial charge >= 0.3 is 0 Å². The Kier molecular flexibility index (Phi) is 3.99. The molecule has 2 aromatic carbocycles. The maximum Gasteiger partial charge on any atom is 0.172 e. The van der Waals surface area contributed by atoms with Crippen molar-refractivity contribution >= 4 is 10.8 Å². The zero-order valence-corrected chi connectivity index (χ0v) is 15.8. The van der Waals surface area contributed by atoms with Crippen LogP contribution in [0, 0.1) is 29.5 Å². The van der Waals surface area contributed by atoms with Crippen molar-refractivity contribution in [3.63, 3.8) is 0 Å². The third kappa shape index (κ3) is 2.85. The zero-order valence-electron chi connectivity index (χ0n) is 15.8. The molecule has 0 saturated heterocycles. The maximum absolute atomic E-state index is 15.2. The van der Waals surface area contributed by atoms with Crippen LogP contribution in [0.1, 0.15) is 44.6 Å². The molecule has 4 heteroatoms. The average Bonchev–Trinajstić information content (AvgIpc) is 2.65. The Morgan fingerprint density at radius 1 is 1.07 bits per heavy atom. The lowest BCUT2D eigenvalue weighted by molar-refractivity contribution is -0.0800. The van der Waals surface area contributed by atoms with Crippen LogP contribution in [0.3, 0.4) is 0 Å². The number of benzene rings is 2. The Labute approximate surface area is 159 Å². The van der Waals surface area contributed by atoms with E-state index in [2.05, 4.69) is 0 Å². The van der Waals surface area contributed by atoms with Crippen molar-refractivity contribution in [2.75, 3.05) is 6.61 Å². The summed E-state index contributed by atoms with van der Waals surface area (Å²) in [6, 6.07) is 9.08. The molecule has 0 amide bonds. The fourth-order valence-electron chi connectivity index (χ4n) is 6.02. The van der Waals surface area contributed by atoms with Crippen molar-refractivity contribution in [2.45, 2.75) is 50.7 Å². The minimum absolute atomic E-state index is 0.158. The molecule has 4 aliphatic carbocycles. The van der Waals surface area contributed by atoms with E-state index in [1.807, 2.05) is 12.1 Å². The number of fused-ring (bicyclic) bond motifs is 1. The lowest BCUT2D eigenvalue weighted by Gasteiger charge is -2.53. The van der Waals surface area contributed by atoms with E-state index >= 15 is 4.39 Å². The SMILES string of the molecule is CC(N)(CO)c1ccc2c(F)c(OC3C4CC5CC(C4)CC3C5)ccc2c1. The summed E-state index contributed by atoms with van der Waals surface area (Å²) in [5.74, 6) is 3.05. The second kappa shape index (κ2) is 6.18. The molecule has 4 aliphatic rings. The molecule has 27 heavy (non-hydrogen) atoms. The Morgan fingerprint density at radius 2 is 1.74 bits per heavy atom. The van der Waals surface area contributed by atoms with E-state index < -0.39 is 5.54 Å². The summed E-state index contributed by atoms with van der Waals surface area (Å²) in [4.78, 5) is 0. The molecule has 2 aromatic rings. The molecule has 4 bridgehead atoms. The maximum atomic E-state index is 15.2. The Balaban J connectivity index is 1.44. The molecule has 1 atom stereocenters. The van der Waals surface area contributed by atoms with Crippen molar-refractivity contribution in [1.29, 1.82) is 0 Å². The van der Waals surface area contributed by atoms with Crippen LogP contribution < -0.4 is 10.5 Å². The van der Waals surface area contributed by atoms with Crippen LogP contribution in [0.2, 0.25) is 0 Å². The molecule has 144 valence electrons. The van der Waals surface area contributed by atoms with Gasteiger partial charge in [-0.25, -0.2) is 4.39 Å². The van der Waals surface area contributed by atoms with Gasteiger partial charge in [-0.1, -0.05) is 18.2 Å². The number of rotatable bonds is 4. The van der Waals surface area contributed by atoms with Crippen LogP contribution in [0.25, 0.3) is 10.8 Å². The molecule has 0 aromatic heterocycles. The normalized spacial score (nSPS) is 34.0. The molecular weight excluding hydrogens is 341 g/mol. The Bertz CT molecular complexity index is 850. The molecular formula is C23H28FNO2. The number of aliphatic hydroxyl groups excluding tert-OH is 1. The Morgan fingerprint density at radius 3 is 2.37 bits per heavy atom. The van der Waals surface area contributed by atoms with E-state index in [9.17, 15) is 5.11 Å². The van der Waals surface area contributed by atoms with Crippen LogP contribution in [0.15, 0.2) is 30.3 Å². The average molecular weight is 369 g/mol. The topological polar surface area (TPSA) is 55.5 Å². The van der Waals surface area contributed by atoms with E-state index in [1.54, 1.807) is 25.1 Å². The van der Waals surface area contributed by atoms with Gasteiger partial charge in [-0.15, -0.1) is 0 Å². The van der Waals surface area contributed by atoms with E-state index in [-0.39, 0.29) is 18.5 Å². The minimum Gasteiger partial charge on any atom is -0.487 e. The van der Waals surface area contributed by atoms with Gasteiger partial charge in [0.2, 0.25) is 0 Å². The van der Waals surface area contributed by atoms with Crippen LogP contribution in [-0.4, -0.2) is 17.8 Å². The van der Waals surface area contributed by atoms with E-state index in [0.717, 1.165) is 22.8 Å².